The zero-order chi connectivity index (χ0) is 17.9. The molecule has 0 saturated heterocycles. The molecule has 1 N–H and O–H groups in total. The number of aromatic nitrogens is 1. The number of hydrogen-bond acceptors (Lipinski definition) is 4. The molecule has 2 heterocycles. The van der Waals surface area contributed by atoms with Gasteiger partial charge in [-0.25, -0.2) is 9.38 Å². The maximum atomic E-state index is 13.4. The number of benzene rings is 1. The lowest BCUT2D eigenvalue weighted by Crippen LogP contribution is -2.41. The van der Waals surface area contributed by atoms with Crippen molar-refractivity contribution in [3.8, 4) is 0 Å². The Labute approximate surface area is 145 Å². The third kappa shape index (κ3) is 3.07. The highest BCUT2D eigenvalue weighted by atomic mass is 19.1. The molecule has 1 aliphatic heterocycles. The Morgan fingerprint density at radius 1 is 1.20 bits per heavy atom. The molecule has 1 aliphatic rings. The summed E-state index contributed by atoms with van der Waals surface area (Å²) in [6.45, 7) is 1.93. The first-order valence-corrected chi connectivity index (χ1v) is 8.08. The summed E-state index contributed by atoms with van der Waals surface area (Å²) in [5.74, 6) is -1.57. The van der Waals surface area contributed by atoms with Crippen LogP contribution in [0.3, 0.4) is 0 Å². The van der Waals surface area contributed by atoms with Gasteiger partial charge < -0.3 is 5.11 Å². The number of nitrogens with zero attached hydrogens (tertiary/aromatic N) is 3. The van der Waals surface area contributed by atoms with E-state index in [1.54, 1.807) is 24.5 Å². The van der Waals surface area contributed by atoms with Gasteiger partial charge >= 0.3 is 5.97 Å². The second kappa shape index (κ2) is 6.93. The van der Waals surface area contributed by atoms with Gasteiger partial charge in [0.15, 0.2) is 0 Å². The number of halogens is 1. The standard InChI is InChI=1S/C19H18FN3O2/c1-2-14(11-17(24)25)19(15-3-5-16(20)6-4-15)18(22-12-23-19)13-7-9-21-10-8-13/h3-10,12,14H,2,11H2,1H3,(H,24,25). The minimum Gasteiger partial charge on any atom is -0.481 e. The molecule has 0 fully saturated rings. The van der Waals surface area contributed by atoms with Crippen molar-refractivity contribution in [1.29, 1.82) is 0 Å². The molecule has 0 aliphatic carbocycles. The summed E-state index contributed by atoms with van der Waals surface area (Å²) in [7, 11) is 0. The average molecular weight is 339 g/mol. The summed E-state index contributed by atoms with van der Waals surface area (Å²) in [5.41, 5.74) is 1.25. The van der Waals surface area contributed by atoms with Crippen LogP contribution in [0.15, 0.2) is 58.8 Å². The van der Waals surface area contributed by atoms with Gasteiger partial charge in [0.25, 0.3) is 0 Å². The summed E-state index contributed by atoms with van der Waals surface area (Å²) < 4.78 is 13.4. The maximum Gasteiger partial charge on any atom is 0.303 e. The third-order valence-corrected chi connectivity index (χ3v) is 4.55. The summed E-state index contributed by atoms with van der Waals surface area (Å²) in [6, 6.07) is 9.67. The van der Waals surface area contributed by atoms with Crippen LogP contribution in [0.25, 0.3) is 0 Å². The molecule has 0 radical (unpaired) electrons. The molecular formula is C19H18FN3O2. The van der Waals surface area contributed by atoms with E-state index in [1.165, 1.54) is 18.5 Å². The molecule has 6 heteroatoms. The maximum absolute atomic E-state index is 13.4. The van der Waals surface area contributed by atoms with Crippen molar-refractivity contribution in [2.45, 2.75) is 25.3 Å². The lowest BCUT2D eigenvalue weighted by atomic mass is 9.71. The van der Waals surface area contributed by atoms with Crippen molar-refractivity contribution in [1.82, 2.24) is 4.98 Å². The molecule has 1 aromatic heterocycles. The molecule has 25 heavy (non-hydrogen) atoms. The fraction of sp³-hybridized carbons (Fsp3) is 0.263. The predicted molar refractivity (Wildman–Crippen MR) is 93.4 cm³/mol. The Balaban J connectivity index is 2.18. The van der Waals surface area contributed by atoms with Crippen LogP contribution < -0.4 is 0 Å². The quantitative estimate of drug-likeness (QED) is 0.876. The van der Waals surface area contributed by atoms with E-state index >= 15 is 0 Å². The van der Waals surface area contributed by atoms with Crippen molar-refractivity contribution in [2.75, 3.05) is 0 Å². The Bertz CT molecular complexity index is 818. The Hall–Kier alpha value is -2.89. The van der Waals surface area contributed by atoms with Crippen molar-refractivity contribution in [3.63, 3.8) is 0 Å². The minimum absolute atomic E-state index is 0.0602. The molecule has 0 saturated carbocycles. The Morgan fingerprint density at radius 3 is 2.48 bits per heavy atom. The highest BCUT2D eigenvalue weighted by Gasteiger charge is 2.47. The van der Waals surface area contributed by atoms with Gasteiger partial charge in [0.05, 0.1) is 12.1 Å². The third-order valence-electron chi connectivity index (χ3n) is 4.55. The van der Waals surface area contributed by atoms with E-state index in [1.807, 2.05) is 19.1 Å². The number of rotatable bonds is 6. The van der Waals surface area contributed by atoms with E-state index in [-0.39, 0.29) is 18.2 Å². The molecule has 5 nitrogen and oxygen atoms in total. The van der Waals surface area contributed by atoms with Crippen molar-refractivity contribution >= 4 is 18.0 Å². The number of pyridine rings is 1. The molecule has 128 valence electrons. The number of carboxylic acids is 1. The number of carboxylic acid groups (broad SMARTS) is 1. The molecule has 0 bridgehead atoms. The fourth-order valence-electron chi connectivity index (χ4n) is 3.39. The molecule has 3 rings (SSSR count). The van der Waals surface area contributed by atoms with E-state index < -0.39 is 11.5 Å². The van der Waals surface area contributed by atoms with Crippen LogP contribution in [0.2, 0.25) is 0 Å². The second-order valence-corrected chi connectivity index (χ2v) is 5.93. The van der Waals surface area contributed by atoms with Crippen molar-refractivity contribution in [2.24, 2.45) is 15.9 Å². The first-order valence-electron chi connectivity index (χ1n) is 8.08. The van der Waals surface area contributed by atoms with Crippen LogP contribution >= 0.6 is 0 Å². The van der Waals surface area contributed by atoms with Gasteiger partial charge in [-0.2, -0.15) is 0 Å². The fourth-order valence-corrected chi connectivity index (χ4v) is 3.39. The Kier molecular flexibility index (Phi) is 4.70. The van der Waals surface area contributed by atoms with E-state index in [0.29, 0.717) is 12.1 Å². The zero-order valence-electron chi connectivity index (χ0n) is 13.8. The van der Waals surface area contributed by atoms with Gasteiger partial charge in [-0.05, 0) is 36.2 Å². The summed E-state index contributed by atoms with van der Waals surface area (Å²) in [6.07, 6.45) is 5.30. The summed E-state index contributed by atoms with van der Waals surface area (Å²) in [4.78, 5) is 24.5. The van der Waals surface area contributed by atoms with Gasteiger partial charge in [-0.15, -0.1) is 0 Å². The smallest absolute Gasteiger partial charge is 0.303 e. The monoisotopic (exact) mass is 339 g/mol. The predicted octanol–water partition coefficient (Wildman–Crippen LogP) is 3.45. The first-order chi connectivity index (χ1) is 12.1. The Morgan fingerprint density at radius 2 is 1.88 bits per heavy atom. The van der Waals surface area contributed by atoms with Gasteiger partial charge in [-0.3, -0.25) is 14.8 Å². The van der Waals surface area contributed by atoms with Crippen molar-refractivity contribution in [3.05, 3.63) is 65.7 Å². The number of aliphatic imine (C=N–C) groups is 2. The van der Waals surface area contributed by atoms with Crippen LogP contribution in [-0.2, 0) is 10.3 Å². The van der Waals surface area contributed by atoms with E-state index in [9.17, 15) is 14.3 Å². The van der Waals surface area contributed by atoms with Gasteiger partial charge in [0.1, 0.15) is 17.7 Å². The molecule has 0 amide bonds. The van der Waals surface area contributed by atoms with Crippen LogP contribution in [0.1, 0.15) is 30.9 Å². The largest absolute Gasteiger partial charge is 0.481 e. The lowest BCUT2D eigenvalue weighted by molar-refractivity contribution is -0.138. The topological polar surface area (TPSA) is 74.9 Å². The lowest BCUT2D eigenvalue weighted by Gasteiger charge is -2.36. The molecule has 1 aromatic carbocycles. The van der Waals surface area contributed by atoms with E-state index in [2.05, 4.69) is 15.0 Å². The van der Waals surface area contributed by atoms with Crippen LogP contribution in [0, 0.1) is 11.7 Å². The second-order valence-electron chi connectivity index (χ2n) is 5.93. The minimum atomic E-state index is -0.956. The molecular weight excluding hydrogens is 321 g/mol. The highest BCUT2D eigenvalue weighted by molar-refractivity contribution is 6.13. The van der Waals surface area contributed by atoms with E-state index in [0.717, 1.165) is 11.1 Å². The normalized spacial score (nSPS) is 20.3. The van der Waals surface area contributed by atoms with Gasteiger partial charge in [0, 0.05) is 23.9 Å². The average Bonchev–Trinajstić information content (AvgIpc) is 3.06. The zero-order valence-corrected chi connectivity index (χ0v) is 13.8. The summed E-state index contributed by atoms with van der Waals surface area (Å²) in [5, 5.41) is 9.38. The first kappa shape index (κ1) is 17.0. The SMILES string of the molecule is CCC(CC(=O)O)C1(c2ccc(F)cc2)N=CN=C1c1ccncc1. The number of carbonyl (C=O) groups is 1. The molecule has 2 aromatic rings. The number of hydrogen-bond donors (Lipinski definition) is 1. The van der Waals surface area contributed by atoms with Crippen LogP contribution in [0.5, 0.6) is 0 Å². The summed E-state index contributed by atoms with van der Waals surface area (Å²) >= 11 is 0. The van der Waals surface area contributed by atoms with E-state index in [4.69, 9.17) is 0 Å². The molecule has 2 atom stereocenters. The molecule has 2 unspecified atom stereocenters. The highest BCUT2D eigenvalue weighted by Crippen LogP contribution is 2.43. The van der Waals surface area contributed by atoms with Gasteiger partial charge in [0.2, 0.25) is 0 Å². The van der Waals surface area contributed by atoms with Crippen molar-refractivity contribution < 1.29 is 14.3 Å². The van der Waals surface area contributed by atoms with Crippen LogP contribution in [0.4, 0.5) is 4.39 Å². The molecule has 0 spiro atoms. The van der Waals surface area contributed by atoms with Crippen LogP contribution in [-0.4, -0.2) is 28.1 Å². The van der Waals surface area contributed by atoms with Gasteiger partial charge in [-0.1, -0.05) is 19.1 Å². The number of aliphatic carboxylic acids is 1.